The van der Waals surface area contributed by atoms with Crippen LogP contribution in [0.2, 0.25) is 0 Å². The normalized spacial score (nSPS) is 11.1. The van der Waals surface area contributed by atoms with Crippen molar-refractivity contribution >= 4 is 22.4 Å². The number of aromatic nitrogens is 1. The summed E-state index contributed by atoms with van der Waals surface area (Å²) in [6.07, 6.45) is 1.34. The Morgan fingerprint density at radius 2 is 1.80 bits per heavy atom. The van der Waals surface area contributed by atoms with Crippen molar-refractivity contribution in [3.8, 4) is 22.8 Å². The summed E-state index contributed by atoms with van der Waals surface area (Å²) in [6.45, 7) is 0.258. The number of hydrogen-bond donors (Lipinski definition) is 1. The highest BCUT2D eigenvalue weighted by atomic mass is 35.5. The first-order valence-electron chi connectivity index (χ1n) is 8.61. The predicted molar refractivity (Wildman–Crippen MR) is 112 cm³/mol. The zero-order valence-corrected chi connectivity index (χ0v) is 18.1. The summed E-state index contributed by atoms with van der Waals surface area (Å²) < 4.78 is 66.7. The van der Waals surface area contributed by atoms with Crippen molar-refractivity contribution in [2.75, 3.05) is 21.3 Å². The lowest BCUT2D eigenvalue weighted by molar-refractivity contribution is 0.411. The molecule has 0 saturated heterocycles. The molecule has 0 amide bonds. The van der Waals surface area contributed by atoms with Crippen molar-refractivity contribution in [1.82, 2.24) is 9.29 Å². The van der Waals surface area contributed by atoms with Crippen LogP contribution >= 0.6 is 12.4 Å². The van der Waals surface area contributed by atoms with Gasteiger partial charge in [0.2, 0.25) is 0 Å². The first-order valence-corrected chi connectivity index (χ1v) is 10.0. The van der Waals surface area contributed by atoms with Crippen molar-refractivity contribution in [2.45, 2.75) is 11.4 Å². The van der Waals surface area contributed by atoms with Crippen LogP contribution < -0.4 is 14.8 Å². The Hall–Kier alpha value is -2.62. The van der Waals surface area contributed by atoms with Gasteiger partial charge in [-0.1, -0.05) is 6.07 Å². The lowest BCUT2D eigenvalue weighted by Gasteiger charge is -2.13. The highest BCUT2D eigenvalue weighted by Gasteiger charge is 2.29. The molecule has 0 atom stereocenters. The van der Waals surface area contributed by atoms with Crippen LogP contribution in [-0.4, -0.2) is 33.7 Å². The van der Waals surface area contributed by atoms with Gasteiger partial charge in [0.15, 0.2) is 0 Å². The Balaban J connectivity index is 0.00000320. The number of nitrogens with zero attached hydrogens (tertiary/aromatic N) is 1. The maximum Gasteiger partial charge on any atom is 0.268 e. The van der Waals surface area contributed by atoms with Gasteiger partial charge in [-0.05, 0) is 37.4 Å². The van der Waals surface area contributed by atoms with Gasteiger partial charge in [-0.25, -0.2) is 21.2 Å². The zero-order valence-electron chi connectivity index (χ0n) is 16.5. The molecule has 0 aliphatic rings. The molecule has 0 unspecified atom stereocenters. The number of nitrogens with one attached hydrogen (secondary N) is 1. The molecule has 0 saturated carbocycles. The van der Waals surface area contributed by atoms with E-state index in [1.807, 2.05) is 0 Å². The van der Waals surface area contributed by atoms with Crippen LogP contribution in [0.3, 0.4) is 0 Å². The fraction of sp³-hybridized carbons (Fsp3) is 0.200. The number of rotatable bonds is 7. The van der Waals surface area contributed by atoms with Gasteiger partial charge in [-0.3, -0.25) is 0 Å². The molecule has 0 aliphatic heterocycles. The molecule has 3 rings (SSSR count). The van der Waals surface area contributed by atoms with E-state index in [2.05, 4.69) is 5.32 Å². The molecule has 0 fully saturated rings. The Morgan fingerprint density at radius 3 is 2.43 bits per heavy atom. The number of methoxy groups -OCH3 is 2. The fourth-order valence-corrected chi connectivity index (χ4v) is 4.48. The smallest absolute Gasteiger partial charge is 0.268 e. The van der Waals surface area contributed by atoms with Gasteiger partial charge in [-0.15, -0.1) is 12.4 Å². The van der Waals surface area contributed by atoms with Gasteiger partial charge in [0.25, 0.3) is 10.0 Å². The zero-order chi connectivity index (χ0) is 21.2. The molecule has 3 aromatic rings. The molecular weight excluding hydrogens is 438 g/mol. The molecule has 0 radical (unpaired) electrons. The molecule has 2 aromatic carbocycles. The number of ether oxygens (including phenoxy) is 2. The van der Waals surface area contributed by atoms with E-state index in [1.54, 1.807) is 13.1 Å². The summed E-state index contributed by atoms with van der Waals surface area (Å²) in [7, 11) is 0.271. The lowest BCUT2D eigenvalue weighted by Crippen LogP contribution is -2.14. The van der Waals surface area contributed by atoms with E-state index in [-0.39, 0.29) is 40.9 Å². The Labute approximate surface area is 179 Å². The minimum absolute atomic E-state index is 0. The van der Waals surface area contributed by atoms with Gasteiger partial charge >= 0.3 is 0 Å². The summed E-state index contributed by atoms with van der Waals surface area (Å²) in [5.74, 6) is -1.000. The molecule has 30 heavy (non-hydrogen) atoms. The minimum Gasteiger partial charge on any atom is -0.497 e. The highest BCUT2D eigenvalue weighted by Crippen LogP contribution is 2.39. The van der Waals surface area contributed by atoms with Crippen LogP contribution in [-0.2, 0) is 16.6 Å². The van der Waals surface area contributed by atoms with E-state index in [9.17, 15) is 17.2 Å². The van der Waals surface area contributed by atoms with Crippen molar-refractivity contribution in [3.63, 3.8) is 0 Å². The fourth-order valence-electron chi connectivity index (χ4n) is 3.05. The number of benzene rings is 2. The van der Waals surface area contributed by atoms with Crippen molar-refractivity contribution < 1.29 is 26.7 Å². The third-order valence-electron chi connectivity index (χ3n) is 4.35. The molecule has 0 bridgehead atoms. The maximum atomic E-state index is 14.6. The molecular formula is C20H21ClF2N2O4S. The second-order valence-corrected chi connectivity index (χ2v) is 7.99. The minimum atomic E-state index is -4.17. The van der Waals surface area contributed by atoms with Gasteiger partial charge in [0.1, 0.15) is 28.8 Å². The first kappa shape index (κ1) is 23.7. The van der Waals surface area contributed by atoms with Crippen LogP contribution in [0.15, 0.2) is 53.6 Å². The molecule has 1 aromatic heterocycles. The predicted octanol–water partition coefficient (Wildman–Crippen LogP) is 3.83. The van der Waals surface area contributed by atoms with Crippen LogP contribution in [0.4, 0.5) is 8.78 Å². The SMILES string of the molecule is CNCc1cn(S(=O)(=O)c2cccc(OC)c2)c(-c2cc(F)ccc2F)c1OC.Cl. The maximum absolute atomic E-state index is 14.6. The average Bonchev–Trinajstić information content (AvgIpc) is 3.09. The van der Waals surface area contributed by atoms with E-state index in [0.29, 0.717) is 11.3 Å². The van der Waals surface area contributed by atoms with Gasteiger partial charge in [0.05, 0.1) is 19.1 Å². The average molecular weight is 459 g/mol. The topological polar surface area (TPSA) is 69.6 Å². The third kappa shape index (κ3) is 4.28. The van der Waals surface area contributed by atoms with E-state index in [0.717, 1.165) is 22.2 Å². The van der Waals surface area contributed by atoms with Gasteiger partial charge in [0, 0.05) is 29.9 Å². The third-order valence-corrected chi connectivity index (χ3v) is 6.01. The van der Waals surface area contributed by atoms with Crippen molar-refractivity contribution in [1.29, 1.82) is 0 Å². The van der Waals surface area contributed by atoms with Crippen LogP contribution in [0.1, 0.15) is 5.56 Å². The first-order chi connectivity index (χ1) is 13.8. The van der Waals surface area contributed by atoms with Crippen molar-refractivity contribution in [3.05, 3.63) is 65.9 Å². The van der Waals surface area contributed by atoms with E-state index in [4.69, 9.17) is 9.47 Å². The van der Waals surface area contributed by atoms with Crippen LogP contribution in [0, 0.1) is 11.6 Å². The van der Waals surface area contributed by atoms with Gasteiger partial charge < -0.3 is 14.8 Å². The summed E-state index contributed by atoms with van der Waals surface area (Å²) in [6, 6.07) is 8.73. The lowest BCUT2D eigenvalue weighted by atomic mass is 10.1. The second kappa shape index (κ2) is 9.46. The largest absolute Gasteiger partial charge is 0.497 e. The Kier molecular flexibility index (Phi) is 7.46. The van der Waals surface area contributed by atoms with Crippen LogP contribution in [0.5, 0.6) is 11.5 Å². The highest BCUT2D eigenvalue weighted by molar-refractivity contribution is 7.90. The van der Waals surface area contributed by atoms with E-state index >= 15 is 0 Å². The summed E-state index contributed by atoms with van der Waals surface area (Å²) >= 11 is 0. The van der Waals surface area contributed by atoms with E-state index in [1.165, 1.54) is 38.6 Å². The molecule has 0 spiro atoms. The number of hydrogen-bond acceptors (Lipinski definition) is 5. The molecule has 10 heteroatoms. The summed E-state index contributed by atoms with van der Waals surface area (Å²) in [5, 5.41) is 2.91. The molecule has 1 N–H and O–H groups in total. The van der Waals surface area contributed by atoms with Crippen molar-refractivity contribution in [2.24, 2.45) is 0 Å². The van der Waals surface area contributed by atoms with E-state index < -0.39 is 21.7 Å². The summed E-state index contributed by atoms with van der Waals surface area (Å²) in [4.78, 5) is -0.0661. The number of halogens is 3. The summed E-state index contributed by atoms with van der Waals surface area (Å²) in [5.41, 5.74) is 0.147. The molecule has 1 heterocycles. The molecule has 162 valence electrons. The standard InChI is InChI=1S/C20H20F2N2O4S.ClH/c1-23-11-13-12-24(29(25,26)16-6-4-5-15(10-16)27-2)19(20(13)28-3)17-9-14(21)7-8-18(17)22;/h4-10,12,23H,11H2,1-3H3;1H. The Morgan fingerprint density at radius 1 is 1.07 bits per heavy atom. The monoisotopic (exact) mass is 458 g/mol. The molecule has 0 aliphatic carbocycles. The quantitative estimate of drug-likeness (QED) is 0.582. The molecule has 6 nitrogen and oxygen atoms in total. The van der Waals surface area contributed by atoms with Gasteiger partial charge in [-0.2, -0.15) is 0 Å². The van der Waals surface area contributed by atoms with Crippen LogP contribution in [0.25, 0.3) is 11.3 Å². The Bertz CT molecular complexity index is 1150. The second-order valence-electron chi connectivity index (χ2n) is 6.17.